The van der Waals surface area contributed by atoms with Crippen LogP contribution in [0, 0.1) is 11.8 Å². The number of hydrogen-bond donors (Lipinski definition) is 2. The smallest absolute Gasteiger partial charge is 0.256 e. The molecule has 4 aromatic heterocycles. The van der Waals surface area contributed by atoms with Gasteiger partial charge in [0.15, 0.2) is 5.82 Å². The molecule has 2 aliphatic heterocycles. The fraction of sp³-hybridized carbons (Fsp3) is 0.500. The predicted molar refractivity (Wildman–Crippen MR) is 199 cm³/mol. The lowest BCUT2D eigenvalue weighted by molar-refractivity contribution is -0.130. The van der Waals surface area contributed by atoms with Crippen LogP contribution in [0.2, 0.25) is 0 Å². The molecule has 0 unspecified atom stereocenters. The number of likely N-dealkylation sites (N-methyl/N-ethyl adjacent to an activating group) is 1. The molecule has 0 radical (unpaired) electrons. The zero-order valence-electron chi connectivity index (χ0n) is 29.9. The first kappa shape index (κ1) is 35.5. The third kappa shape index (κ3) is 8.43. The molecule has 7 rings (SSSR count). The number of rotatable bonds is 11. The molecular weight excluding hydrogens is 681 g/mol. The maximum absolute atomic E-state index is 12.7. The number of likely N-dealkylation sites (tertiary alicyclic amines) is 1. The van der Waals surface area contributed by atoms with Gasteiger partial charge in [0.05, 0.1) is 52.3 Å². The van der Waals surface area contributed by atoms with E-state index in [0.717, 1.165) is 85.9 Å². The van der Waals surface area contributed by atoms with Crippen LogP contribution in [0.25, 0.3) is 11.4 Å². The minimum absolute atomic E-state index is 0.120. The van der Waals surface area contributed by atoms with Crippen molar-refractivity contribution in [1.82, 2.24) is 49.0 Å². The second kappa shape index (κ2) is 15.4. The van der Waals surface area contributed by atoms with Gasteiger partial charge in [-0.1, -0.05) is 11.8 Å². The van der Waals surface area contributed by atoms with E-state index in [-0.39, 0.29) is 17.2 Å². The van der Waals surface area contributed by atoms with Crippen LogP contribution >= 0.6 is 0 Å². The van der Waals surface area contributed by atoms with Crippen LogP contribution in [0.1, 0.15) is 62.6 Å². The second-order valence-electron chi connectivity index (χ2n) is 14.0. The van der Waals surface area contributed by atoms with Crippen LogP contribution < -0.4 is 15.5 Å². The van der Waals surface area contributed by atoms with Crippen molar-refractivity contribution in [3.05, 3.63) is 60.4 Å². The van der Waals surface area contributed by atoms with Crippen LogP contribution in [-0.4, -0.2) is 123 Å². The van der Waals surface area contributed by atoms with E-state index >= 15 is 0 Å². The van der Waals surface area contributed by atoms with Crippen LogP contribution in [-0.2, 0) is 14.8 Å². The Morgan fingerprint density at radius 3 is 2.46 bits per heavy atom. The monoisotopic (exact) mass is 726 g/mol. The first-order valence-corrected chi connectivity index (χ1v) is 19.5. The van der Waals surface area contributed by atoms with Crippen LogP contribution in [0.3, 0.4) is 0 Å². The lowest BCUT2D eigenvalue weighted by atomic mass is 10.0. The molecule has 6 heterocycles. The summed E-state index contributed by atoms with van der Waals surface area (Å²) in [5, 5.41) is 15.3. The molecule has 0 bridgehead atoms. The molecule has 52 heavy (non-hydrogen) atoms. The number of piperidine rings is 2. The quantitative estimate of drug-likeness (QED) is 0.218. The molecule has 0 aromatic carbocycles. The molecule has 15 nitrogen and oxygen atoms in total. The fourth-order valence-electron chi connectivity index (χ4n) is 6.65. The number of carbonyl (C=O) groups excluding carboxylic acids is 1. The molecule has 1 saturated carbocycles. The van der Waals surface area contributed by atoms with Gasteiger partial charge >= 0.3 is 0 Å². The summed E-state index contributed by atoms with van der Waals surface area (Å²) >= 11 is 0. The van der Waals surface area contributed by atoms with E-state index in [1.54, 1.807) is 31.6 Å². The number of carbonyl (C=O) groups is 1. The second-order valence-corrected chi connectivity index (χ2v) is 16.1. The van der Waals surface area contributed by atoms with E-state index in [1.165, 1.54) is 12.4 Å². The zero-order valence-corrected chi connectivity index (χ0v) is 30.8. The standard InChI is InChI=1S/C36H46N12O3S/c1-26(49)45-17-11-31(12-18-45)47-24-27(21-40-47)4-5-28-22-39-35(20-33(28)46-15-9-30(10-16-46)37-14-19-44(2)3)42-34-8-13-38-36(43-34)29-23-41-48(25-29)52(50,51)32-6-7-32/h8,13,20-25,30-32,37H,6-7,9-12,14-19H2,1-3H3,(H,38,39,42,43). The molecule has 16 heteroatoms. The lowest BCUT2D eigenvalue weighted by Crippen LogP contribution is -2.44. The van der Waals surface area contributed by atoms with Gasteiger partial charge in [0, 0.05) is 76.9 Å². The highest BCUT2D eigenvalue weighted by molar-refractivity contribution is 7.90. The molecule has 0 atom stereocenters. The van der Waals surface area contributed by atoms with Gasteiger partial charge in [-0.05, 0) is 58.7 Å². The number of anilines is 3. The SMILES string of the molecule is CC(=O)N1CCC(n2cc(C#Cc3cnc(Nc4ccnc(-c5cnn(S(=O)(=O)C6CC6)c5)n4)cc3N3CCC(NCCN(C)C)CC3)cn2)CC1. The third-order valence-corrected chi connectivity index (χ3v) is 11.9. The predicted octanol–water partition coefficient (Wildman–Crippen LogP) is 2.72. The third-order valence-electron chi connectivity index (χ3n) is 9.87. The normalized spacial score (nSPS) is 17.3. The summed E-state index contributed by atoms with van der Waals surface area (Å²) in [6.45, 7) is 6.81. The Bertz CT molecular complexity index is 2050. The summed E-state index contributed by atoms with van der Waals surface area (Å²) in [6, 6.07) is 4.46. The molecule has 2 N–H and O–H groups in total. The summed E-state index contributed by atoms with van der Waals surface area (Å²) in [5.41, 5.74) is 3.15. The molecule has 2 saturated heterocycles. The number of hydrogen-bond acceptors (Lipinski definition) is 12. The highest BCUT2D eigenvalue weighted by Gasteiger charge is 2.37. The van der Waals surface area contributed by atoms with E-state index in [1.807, 2.05) is 21.8 Å². The van der Waals surface area contributed by atoms with Crippen molar-refractivity contribution in [3.63, 3.8) is 0 Å². The number of nitrogens with zero attached hydrogens (tertiary/aromatic N) is 10. The molecule has 0 spiro atoms. The van der Waals surface area contributed by atoms with Crippen LogP contribution in [0.15, 0.2) is 49.3 Å². The van der Waals surface area contributed by atoms with E-state index in [9.17, 15) is 13.2 Å². The van der Waals surface area contributed by atoms with Crippen molar-refractivity contribution in [2.24, 2.45) is 0 Å². The topological polar surface area (TPSA) is 159 Å². The lowest BCUT2D eigenvalue weighted by Gasteiger charge is -2.35. The first-order valence-electron chi connectivity index (χ1n) is 18.0. The number of amides is 1. The minimum atomic E-state index is -3.49. The van der Waals surface area contributed by atoms with E-state index in [4.69, 9.17) is 4.98 Å². The van der Waals surface area contributed by atoms with Gasteiger partial charge in [-0.3, -0.25) is 9.48 Å². The Balaban J connectivity index is 1.09. The minimum Gasteiger partial charge on any atom is -0.370 e. The Morgan fingerprint density at radius 2 is 1.73 bits per heavy atom. The van der Waals surface area contributed by atoms with Crippen LogP contribution in [0.5, 0.6) is 0 Å². The van der Waals surface area contributed by atoms with Crippen molar-refractivity contribution in [2.75, 3.05) is 63.6 Å². The molecule has 3 aliphatic rings. The molecule has 1 amide bonds. The Kier molecular flexibility index (Phi) is 10.5. The van der Waals surface area contributed by atoms with Gasteiger partial charge < -0.3 is 25.3 Å². The average Bonchev–Trinajstić information content (AvgIpc) is 3.70. The van der Waals surface area contributed by atoms with Crippen molar-refractivity contribution in [2.45, 2.75) is 62.8 Å². The van der Waals surface area contributed by atoms with Gasteiger partial charge in [0.2, 0.25) is 5.91 Å². The molecule has 1 aliphatic carbocycles. The summed E-state index contributed by atoms with van der Waals surface area (Å²) in [5.74, 6) is 8.30. The van der Waals surface area contributed by atoms with Gasteiger partial charge in [0.25, 0.3) is 10.0 Å². The summed E-state index contributed by atoms with van der Waals surface area (Å²) < 4.78 is 28.3. The molecular formula is C36H46N12O3S. The molecule has 274 valence electrons. The first-order chi connectivity index (χ1) is 25.1. The maximum atomic E-state index is 12.7. The number of aromatic nitrogens is 7. The molecule has 3 fully saturated rings. The summed E-state index contributed by atoms with van der Waals surface area (Å²) in [6.07, 6.45) is 15.2. The highest BCUT2D eigenvalue weighted by atomic mass is 32.2. The van der Waals surface area contributed by atoms with Crippen molar-refractivity contribution < 1.29 is 13.2 Å². The zero-order chi connectivity index (χ0) is 36.2. The van der Waals surface area contributed by atoms with E-state index in [0.29, 0.717) is 41.9 Å². The number of pyridine rings is 1. The van der Waals surface area contributed by atoms with Gasteiger partial charge in [-0.15, -0.1) is 0 Å². The number of nitrogens with one attached hydrogen (secondary N) is 2. The van der Waals surface area contributed by atoms with Crippen molar-refractivity contribution in [1.29, 1.82) is 0 Å². The fourth-order valence-corrected chi connectivity index (χ4v) is 8.13. The van der Waals surface area contributed by atoms with Gasteiger partial charge in [-0.2, -0.15) is 14.3 Å². The van der Waals surface area contributed by atoms with E-state index < -0.39 is 10.0 Å². The summed E-state index contributed by atoms with van der Waals surface area (Å²) in [7, 11) is 0.688. The van der Waals surface area contributed by atoms with Crippen LogP contribution in [0.4, 0.5) is 17.3 Å². The van der Waals surface area contributed by atoms with Gasteiger partial charge in [0.1, 0.15) is 11.6 Å². The maximum Gasteiger partial charge on any atom is 0.256 e. The highest BCUT2D eigenvalue weighted by Crippen LogP contribution is 2.31. The van der Waals surface area contributed by atoms with Crippen molar-refractivity contribution in [3.8, 4) is 23.2 Å². The molecule has 4 aromatic rings. The largest absolute Gasteiger partial charge is 0.370 e. The Labute approximate surface area is 304 Å². The Morgan fingerprint density at radius 1 is 0.942 bits per heavy atom. The summed E-state index contributed by atoms with van der Waals surface area (Å²) in [4.78, 5) is 31.9. The Hall–Kier alpha value is -4.85. The van der Waals surface area contributed by atoms with E-state index in [2.05, 4.69) is 66.5 Å². The average molecular weight is 727 g/mol. The van der Waals surface area contributed by atoms with Gasteiger partial charge in [-0.25, -0.2) is 23.4 Å². The van der Waals surface area contributed by atoms with Crippen molar-refractivity contribution >= 4 is 33.3 Å².